The number of methoxy groups -OCH3 is 1. The lowest BCUT2D eigenvalue weighted by Crippen LogP contribution is -2.15. The maximum Gasteiger partial charge on any atom is 0.0700 e. The van der Waals surface area contributed by atoms with Crippen molar-refractivity contribution < 1.29 is 9.47 Å². The third-order valence-corrected chi connectivity index (χ3v) is 3.68. The molecule has 0 amide bonds. The SMILES string of the molecule is COCCOCCCCNCc1ccc(C2CC2)cc1. The summed E-state index contributed by atoms with van der Waals surface area (Å²) in [6, 6.07) is 9.10. The third kappa shape index (κ3) is 6.04. The van der Waals surface area contributed by atoms with E-state index < -0.39 is 0 Å². The Morgan fingerprint density at radius 2 is 1.85 bits per heavy atom. The lowest BCUT2D eigenvalue weighted by Gasteiger charge is -2.06. The van der Waals surface area contributed by atoms with Gasteiger partial charge < -0.3 is 14.8 Å². The van der Waals surface area contributed by atoms with E-state index in [2.05, 4.69) is 29.6 Å². The van der Waals surface area contributed by atoms with Crippen LogP contribution in [-0.4, -0.2) is 33.5 Å². The Labute approximate surface area is 122 Å². The molecule has 1 aromatic rings. The summed E-state index contributed by atoms with van der Waals surface area (Å²) in [5.74, 6) is 0.857. The van der Waals surface area contributed by atoms with Crippen LogP contribution in [0.4, 0.5) is 0 Å². The van der Waals surface area contributed by atoms with E-state index in [0.29, 0.717) is 13.2 Å². The Hall–Kier alpha value is -0.900. The molecule has 3 heteroatoms. The van der Waals surface area contributed by atoms with Crippen molar-refractivity contribution in [1.82, 2.24) is 5.32 Å². The fourth-order valence-electron chi connectivity index (χ4n) is 2.26. The van der Waals surface area contributed by atoms with Crippen molar-refractivity contribution in [2.45, 2.75) is 38.1 Å². The van der Waals surface area contributed by atoms with Crippen LogP contribution < -0.4 is 5.32 Å². The molecule has 0 aliphatic heterocycles. The van der Waals surface area contributed by atoms with Crippen LogP contribution >= 0.6 is 0 Å². The van der Waals surface area contributed by atoms with Crippen LogP contribution in [-0.2, 0) is 16.0 Å². The Morgan fingerprint density at radius 3 is 2.55 bits per heavy atom. The first-order valence-electron chi connectivity index (χ1n) is 7.76. The van der Waals surface area contributed by atoms with Crippen molar-refractivity contribution in [2.24, 2.45) is 0 Å². The predicted molar refractivity (Wildman–Crippen MR) is 82.1 cm³/mol. The Balaban J connectivity index is 1.46. The summed E-state index contributed by atoms with van der Waals surface area (Å²) in [5, 5.41) is 3.49. The van der Waals surface area contributed by atoms with Gasteiger partial charge in [0, 0.05) is 20.3 Å². The van der Waals surface area contributed by atoms with Gasteiger partial charge >= 0.3 is 0 Å². The van der Waals surface area contributed by atoms with Crippen molar-refractivity contribution in [3.05, 3.63) is 35.4 Å². The number of rotatable bonds is 11. The maximum absolute atomic E-state index is 5.43. The molecular formula is C17H27NO2. The van der Waals surface area contributed by atoms with Gasteiger partial charge in [-0.3, -0.25) is 0 Å². The minimum atomic E-state index is 0.690. The minimum absolute atomic E-state index is 0.690. The molecule has 0 atom stereocenters. The van der Waals surface area contributed by atoms with Gasteiger partial charge in [-0.1, -0.05) is 24.3 Å². The summed E-state index contributed by atoms with van der Waals surface area (Å²) < 4.78 is 10.4. The number of hydrogen-bond donors (Lipinski definition) is 1. The van der Waals surface area contributed by atoms with E-state index in [0.717, 1.165) is 38.5 Å². The van der Waals surface area contributed by atoms with E-state index in [1.54, 1.807) is 7.11 Å². The van der Waals surface area contributed by atoms with Gasteiger partial charge in [-0.05, 0) is 49.3 Å². The smallest absolute Gasteiger partial charge is 0.0700 e. The molecule has 3 nitrogen and oxygen atoms in total. The average molecular weight is 277 g/mol. The first-order valence-corrected chi connectivity index (χ1v) is 7.76. The lowest BCUT2D eigenvalue weighted by molar-refractivity contribution is 0.0688. The highest BCUT2D eigenvalue weighted by atomic mass is 16.5. The normalized spacial score (nSPS) is 14.7. The molecule has 20 heavy (non-hydrogen) atoms. The minimum Gasteiger partial charge on any atom is -0.382 e. The maximum atomic E-state index is 5.43. The third-order valence-electron chi connectivity index (χ3n) is 3.68. The molecule has 0 saturated heterocycles. The molecule has 0 spiro atoms. The molecule has 1 saturated carbocycles. The van der Waals surface area contributed by atoms with E-state index in [4.69, 9.17) is 9.47 Å². The molecule has 1 aromatic carbocycles. The topological polar surface area (TPSA) is 30.5 Å². The number of unbranched alkanes of at least 4 members (excludes halogenated alkanes) is 1. The van der Waals surface area contributed by atoms with Gasteiger partial charge in [0.15, 0.2) is 0 Å². The monoisotopic (exact) mass is 277 g/mol. The summed E-state index contributed by atoms with van der Waals surface area (Å²) in [7, 11) is 1.70. The van der Waals surface area contributed by atoms with Gasteiger partial charge in [0.1, 0.15) is 0 Å². The molecule has 1 N–H and O–H groups in total. The molecule has 0 unspecified atom stereocenters. The second kappa shape index (κ2) is 9.11. The fourth-order valence-corrected chi connectivity index (χ4v) is 2.26. The molecular weight excluding hydrogens is 250 g/mol. The highest BCUT2D eigenvalue weighted by Gasteiger charge is 2.22. The van der Waals surface area contributed by atoms with Gasteiger partial charge in [-0.25, -0.2) is 0 Å². The van der Waals surface area contributed by atoms with Crippen molar-refractivity contribution in [3.8, 4) is 0 Å². The van der Waals surface area contributed by atoms with Crippen molar-refractivity contribution in [3.63, 3.8) is 0 Å². The van der Waals surface area contributed by atoms with Crippen molar-refractivity contribution >= 4 is 0 Å². The number of ether oxygens (including phenoxy) is 2. The highest BCUT2D eigenvalue weighted by Crippen LogP contribution is 2.39. The second-order valence-corrected chi connectivity index (χ2v) is 5.50. The molecule has 112 valence electrons. The second-order valence-electron chi connectivity index (χ2n) is 5.50. The number of benzene rings is 1. The van der Waals surface area contributed by atoms with Gasteiger partial charge in [0.2, 0.25) is 0 Å². The van der Waals surface area contributed by atoms with Gasteiger partial charge in [-0.15, -0.1) is 0 Å². The van der Waals surface area contributed by atoms with Crippen LogP contribution in [0.25, 0.3) is 0 Å². The molecule has 0 heterocycles. The number of nitrogens with one attached hydrogen (secondary N) is 1. The summed E-state index contributed by atoms with van der Waals surface area (Å²) in [4.78, 5) is 0. The molecule has 1 aliphatic carbocycles. The van der Waals surface area contributed by atoms with Gasteiger partial charge in [0.05, 0.1) is 13.2 Å². The quantitative estimate of drug-likeness (QED) is 0.630. The van der Waals surface area contributed by atoms with E-state index in [-0.39, 0.29) is 0 Å². The van der Waals surface area contributed by atoms with Crippen LogP contribution in [0.5, 0.6) is 0 Å². The molecule has 1 aliphatic rings. The van der Waals surface area contributed by atoms with Crippen LogP contribution in [0.15, 0.2) is 24.3 Å². The van der Waals surface area contributed by atoms with Crippen LogP contribution in [0, 0.1) is 0 Å². The molecule has 0 radical (unpaired) electrons. The van der Waals surface area contributed by atoms with Crippen LogP contribution in [0.1, 0.15) is 42.7 Å². The molecule has 0 bridgehead atoms. The molecule has 0 aromatic heterocycles. The summed E-state index contributed by atoms with van der Waals surface area (Å²) in [6.45, 7) is 4.25. The standard InChI is InChI=1S/C17H27NO2/c1-19-12-13-20-11-3-2-10-18-14-15-4-6-16(7-5-15)17-8-9-17/h4-7,17-18H,2-3,8-14H2,1H3. The fraction of sp³-hybridized carbons (Fsp3) is 0.647. The lowest BCUT2D eigenvalue weighted by atomic mass is 10.1. The first kappa shape index (κ1) is 15.5. The zero-order chi connectivity index (χ0) is 14.0. The number of hydrogen-bond acceptors (Lipinski definition) is 3. The van der Waals surface area contributed by atoms with E-state index in [1.807, 2.05) is 0 Å². The highest BCUT2D eigenvalue weighted by molar-refractivity contribution is 5.27. The van der Waals surface area contributed by atoms with E-state index in [9.17, 15) is 0 Å². The van der Waals surface area contributed by atoms with Gasteiger partial charge in [-0.2, -0.15) is 0 Å². The Morgan fingerprint density at radius 1 is 1.05 bits per heavy atom. The zero-order valence-corrected chi connectivity index (χ0v) is 12.6. The summed E-state index contributed by atoms with van der Waals surface area (Å²) in [5.41, 5.74) is 2.90. The average Bonchev–Trinajstić information content (AvgIpc) is 3.31. The van der Waals surface area contributed by atoms with Crippen LogP contribution in [0.3, 0.4) is 0 Å². The summed E-state index contributed by atoms with van der Waals surface area (Å²) >= 11 is 0. The van der Waals surface area contributed by atoms with Crippen molar-refractivity contribution in [2.75, 3.05) is 33.5 Å². The summed E-state index contributed by atoms with van der Waals surface area (Å²) in [6.07, 6.45) is 5.03. The van der Waals surface area contributed by atoms with Crippen LogP contribution in [0.2, 0.25) is 0 Å². The predicted octanol–water partition coefficient (Wildman–Crippen LogP) is 3.10. The zero-order valence-electron chi connectivity index (χ0n) is 12.6. The first-order chi connectivity index (χ1) is 9.90. The Kier molecular flexibility index (Phi) is 7.06. The van der Waals surface area contributed by atoms with E-state index in [1.165, 1.54) is 24.0 Å². The molecule has 1 fully saturated rings. The van der Waals surface area contributed by atoms with Gasteiger partial charge in [0.25, 0.3) is 0 Å². The van der Waals surface area contributed by atoms with E-state index >= 15 is 0 Å². The Bertz CT molecular complexity index is 360. The largest absolute Gasteiger partial charge is 0.382 e. The molecule has 2 rings (SSSR count). The van der Waals surface area contributed by atoms with Crippen molar-refractivity contribution in [1.29, 1.82) is 0 Å².